The number of aromatic nitrogens is 1. The number of pyridine rings is 1. The highest BCUT2D eigenvalue weighted by Crippen LogP contribution is 2.51. The molecule has 2 aliphatic rings. The van der Waals surface area contributed by atoms with E-state index in [0.29, 0.717) is 25.3 Å². The molecule has 2 aliphatic heterocycles. The van der Waals surface area contributed by atoms with Gasteiger partial charge in [0, 0.05) is 48.8 Å². The molecular weight excluding hydrogens is 650 g/mol. The monoisotopic (exact) mass is 700 g/mol. The smallest absolute Gasteiger partial charge is 0.484 e. The fraction of sp³-hybridized carbons (Fsp3) is 0.595. The molecule has 0 spiro atoms. The number of nitrogens with zero attached hydrogens (tertiary/aromatic N) is 2. The van der Waals surface area contributed by atoms with Crippen molar-refractivity contribution in [2.45, 2.75) is 116 Å². The van der Waals surface area contributed by atoms with Crippen molar-refractivity contribution < 1.29 is 37.4 Å². The summed E-state index contributed by atoms with van der Waals surface area (Å²) in [6.45, 7) is 7.76. The lowest BCUT2D eigenvalue weighted by molar-refractivity contribution is 0.0205. The third-order valence-electron chi connectivity index (χ3n) is 10.5. The first kappa shape index (κ1) is 38.5. The van der Waals surface area contributed by atoms with Crippen LogP contribution >= 0.6 is 0 Å². The lowest BCUT2D eigenvalue weighted by Crippen LogP contribution is -2.60. The number of amides is 2. The average molecular weight is 701 g/mol. The Balaban J connectivity index is 1.70. The number of fused-ring (bicyclic) bond motifs is 4. The third-order valence-corrected chi connectivity index (χ3v) is 10.5. The second kappa shape index (κ2) is 16.6. The van der Waals surface area contributed by atoms with E-state index < -0.39 is 57.3 Å². The van der Waals surface area contributed by atoms with Crippen LogP contribution in [0, 0.1) is 22.5 Å². The largest absolute Gasteiger partial charge is 0.514 e. The molecule has 274 valence electrons. The van der Waals surface area contributed by atoms with Gasteiger partial charge in [0.05, 0.1) is 19.3 Å². The molecule has 0 radical (unpaired) electrons. The Hall–Kier alpha value is -4.29. The van der Waals surface area contributed by atoms with E-state index in [2.05, 4.69) is 12.2 Å². The van der Waals surface area contributed by atoms with Crippen LogP contribution in [0.3, 0.4) is 0 Å². The number of carbonyl (C=O) groups is 3. The molecule has 1 fully saturated rings. The Kier molecular flexibility index (Phi) is 12.8. The van der Waals surface area contributed by atoms with E-state index in [0.717, 1.165) is 31.7 Å². The molecule has 1 aromatic carbocycles. The lowest BCUT2D eigenvalue weighted by Gasteiger charge is -2.52. The molecule has 2 bridgehead atoms. The molecule has 4 rings (SSSR count). The van der Waals surface area contributed by atoms with E-state index in [1.165, 1.54) is 43.2 Å². The van der Waals surface area contributed by atoms with Gasteiger partial charge in [-0.2, -0.15) is 0 Å². The molecule has 2 amide bonds. The fourth-order valence-corrected chi connectivity index (χ4v) is 6.99. The molecule has 3 heterocycles. The van der Waals surface area contributed by atoms with Crippen LogP contribution in [0.15, 0.2) is 29.2 Å². The molecule has 0 aliphatic carbocycles. The van der Waals surface area contributed by atoms with E-state index in [9.17, 15) is 28.0 Å². The number of benzene rings is 1. The van der Waals surface area contributed by atoms with Gasteiger partial charge in [0.1, 0.15) is 17.2 Å². The van der Waals surface area contributed by atoms with Crippen molar-refractivity contribution >= 4 is 23.9 Å². The number of carbonyl (C=O) groups excluding carboxylic acids is 3. The summed E-state index contributed by atoms with van der Waals surface area (Å²) < 4.78 is 45.5. The summed E-state index contributed by atoms with van der Waals surface area (Å²) in [6, 6.07) is 2.66. The zero-order valence-electron chi connectivity index (χ0n) is 29.8. The Morgan fingerprint density at radius 3 is 2.40 bits per heavy atom. The van der Waals surface area contributed by atoms with Gasteiger partial charge in [0.25, 0.3) is 11.8 Å². The van der Waals surface area contributed by atoms with Gasteiger partial charge < -0.3 is 29.0 Å². The highest BCUT2D eigenvalue weighted by Gasteiger charge is 2.55. The van der Waals surface area contributed by atoms with Crippen LogP contribution in [0.2, 0.25) is 0 Å². The standard InChI is InChI=1S/C37H50F2N4O7/c1-6-7-8-9-10-11-12-13-18-49-35(47)50-32-30-34(46)42-23-37(4,36(3,17-16-24(42)2)20-29(40)48-5)43(30)22-27(31(32)44)33(45)41-21-25-14-15-26(38)19-28(25)39/h14-15,19,22,24,40H,6-13,16-18,20-21,23H2,1-5H3,(H,41,45)/t24-,36+,37+/m0/s1. The van der Waals surface area contributed by atoms with Crippen LogP contribution < -0.4 is 15.5 Å². The molecule has 3 atom stereocenters. The number of unbranched alkanes of at least 4 members (excludes halogenated alkanes) is 7. The molecule has 0 unspecified atom stereocenters. The van der Waals surface area contributed by atoms with Crippen LogP contribution in [-0.4, -0.2) is 59.6 Å². The van der Waals surface area contributed by atoms with E-state index >= 15 is 0 Å². The second-order valence-electron chi connectivity index (χ2n) is 14.0. The first-order valence-corrected chi connectivity index (χ1v) is 17.6. The summed E-state index contributed by atoms with van der Waals surface area (Å²) in [5, 5.41) is 10.9. The summed E-state index contributed by atoms with van der Waals surface area (Å²) >= 11 is 0. The number of hydrogen-bond donors (Lipinski definition) is 2. The molecule has 0 saturated carbocycles. The predicted molar refractivity (Wildman–Crippen MR) is 184 cm³/mol. The van der Waals surface area contributed by atoms with Gasteiger partial charge in [-0.05, 0) is 39.2 Å². The van der Waals surface area contributed by atoms with Gasteiger partial charge in [-0.15, -0.1) is 0 Å². The molecule has 50 heavy (non-hydrogen) atoms. The molecule has 2 N–H and O–H groups in total. The van der Waals surface area contributed by atoms with Crippen LogP contribution in [0.1, 0.15) is 125 Å². The minimum absolute atomic E-state index is 0.0139. The van der Waals surface area contributed by atoms with Crippen LogP contribution in [-0.2, 0) is 21.6 Å². The van der Waals surface area contributed by atoms with Crippen molar-refractivity contribution in [1.29, 1.82) is 5.41 Å². The van der Waals surface area contributed by atoms with Crippen molar-refractivity contribution in [3.8, 4) is 5.75 Å². The fourth-order valence-electron chi connectivity index (χ4n) is 6.99. The van der Waals surface area contributed by atoms with Crippen molar-refractivity contribution in [2.75, 3.05) is 20.3 Å². The quantitative estimate of drug-likeness (QED) is 0.0876. The maximum absolute atomic E-state index is 14.4. The summed E-state index contributed by atoms with van der Waals surface area (Å²) in [4.78, 5) is 56.5. The average Bonchev–Trinajstić information content (AvgIpc) is 3.16. The Morgan fingerprint density at radius 1 is 1.06 bits per heavy atom. The normalized spacial score (nSPS) is 21.2. The minimum atomic E-state index is -1.18. The highest BCUT2D eigenvalue weighted by molar-refractivity contribution is 6.00. The molecule has 13 heteroatoms. The molecular formula is C37H50F2N4O7. The zero-order valence-corrected chi connectivity index (χ0v) is 29.8. The third kappa shape index (κ3) is 8.35. The number of ether oxygens (including phenoxy) is 3. The predicted octanol–water partition coefficient (Wildman–Crippen LogP) is 7.09. The number of rotatable bonds is 15. The maximum atomic E-state index is 14.4. The van der Waals surface area contributed by atoms with Crippen molar-refractivity contribution in [1.82, 2.24) is 14.8 Å². The first-order valence-electron chi connectivity index (χ1n) is 17.6. The Bertz CT molecular complexity index is 1650. The Morgan fingerprint density at radius 2 is 1.74 bits per heavy atom. The minimum Gasteiger partial charge on any atom is -0.484 e. The summed E-state index contributed by atoms with van der Waals surface area (Å²) in [6.07, 6.45) is 9.68. The second-order valence-corrected chi connectivity index (χ2v) is 14.0. The van der Waals surface area contributed by atoms with Crippen molar-refractivity contribution in [3.63, 3.8) is 0 Å². The number of nitrogens with one attached hydrogen (secondary N) is 2. The van der Waals surface area contributed by atoms with Gasteiger partial charge in [-0.3, -0.25) is 19.8 Å². The molecule has 1 saturated heterocycles. The summed E-state index contributed by atoms with van der Waals surface area (Å²) in [5.41, 5.74) is -3.44. The maximum Gasteiger partial charge on any atom is 0.514 e. The van der Waals surface area contributed by atoms with Gasteiger partial charge in [-0.1, -0.05) is 64.9 Å². The SMILES string of the molecule is CCCCCCCCCCOC(=O)Oc1c2n(cc(C(=O)NCc3ccc(F)cc3F)c1=O)[C@]1(C)CN(C2=O)[C@@H](C)CC[C@]1(C)CC(=N)OC. The van der Waals surface area contributed by atoms with Crippen LogP contribution in [0.5, 0.6) is 5.75 Å². The van der Waals surface area contributed by atoms with E-state index in [1.54, 1.807) is 4.90 Å². The van der Waals surface area contributed by atoms with Gasteiger partial charge >= 0.3 is 6.16 Å². The number of methoxy groups -OCH3 is 1. The molecule has 2 aromatic rings. The van der Waals surface area contributed by atoms with Crippen LogP contribution in [0.4, 0.5) is 13.6 Å². The van der Waals surface area contributed by atoms with Gasteiger partial charge in [0.15, 0.2) is 11.6 Å². The molecule has 11 nitrogen and oxygen atoms in total. The van der Waals surface area contributed by atoms with E-state index in [-0.39, 0.29) is 49.3 Å². The van der Waals surface area contributed by atoms with Crippen molar-refractivity contribution in [3.05, 3.63) is 63.1 Å². The lowest BCUT2D eigenvalue weighted by atomic mass is 9.66. The highest BCUT2D eigenvalue weighted by atomic mass is 19.1. The zero-order chi connectivity index (χ0) is 36.6. The summed E-state index contributed by atoms with van der Waals surface area (Å²) in [7, 11) is 1.41. The first-order chi connectivity index (χ1) is 23.8. The van der Waals surface area contributed by atoms with E-state index in [4.69, 9.17) is 19.6 Å². The molecule has 1 aromatic heterocycles. The van der Waals surface area contributed by atoms with Crippen molar-refractivity contribution in [2.24, 2.45) is 5.41 Å². The van der Waals surface area contributed by atoms with Crippen LogP contribution in [0.25, 0.3) is 0 Å². The topological polar surface area (TPSA) is 140 Å². The van der Waals surface area contributed by atoms with E-state index in [1.807, 2.05) is 20.8 Å². The summed E-state index contributed by atoms with van der Waals surface area (Å²) in [5.74, 6) is -3.75. The van der Waals surface area contributed by atoms with Gasteiger partial charge in [0.2, 0.25) is 11.2 Å². The number of halogens is 2. The number of hydrogen-bond acceptors (Lipinski definition) is 8. The Labute approximate surface area is 292 Å². The van der Waals surface area contributed by atoms with Gasteiger partial charge in [-0.25, -0.2) is 13.6 Å².